The lowest BCUT2D eigenvalue weighted by Gasteiger charge is -2.38. The molecule has 11 heteroatoms. The van der Waals surface area contributed by atoms with E-state index >= 15 is 0 Å². The number of carbonyl (C=O) groups is 1. The summed E-state index contributed by atoms with van der Waals surface area (Å²) in [4.78, 5) is 23.7. The number of anilines is 3. The van der Waals surface area contributed by atoms with Crippen LogP contribution < -0.4 is 9.80 Å². The van der Waals surface area contributed by atoms with Crippen LogP contribution in [0.15, 0.2) is 36.5 Å². The number of aryl methyl sites for hydroxylation is 2. The Hall–Kier alpha value is -4.01. The number of amides is 1. The lowest BCUT2D eigenvalue weighted by atomic mass is 10.1. The topological polar surface area (TPSA) is 101 Å². The van der Waals surface area contributed by atoms with Crippen molar-refractivity contribution in [1.29, 1.82) is 5.26 Å². The summed E-state index contributed by atoms with van der Waals surface area (Å²) in [5.74, 6) is -0.600. The molecule has 1 aliphatic heterocycles. The molecule has 0 saturated carbocycles. The van der Waals surface area contributed by atoms with E-state index in [-0.39, 0.29) is 11.7 Å². The standard InChI is InChI=1S/C29H32FN7O2S/c1-6-21-26(34(5)28-32-25(24(16-31)40-28)19-7-9-20(30)10-8-19)23-15-22(18(2)17-37(23)33-21)35-11-13-36(14-12-35)27(38)29(3,4)39/h7-10,15,17,39H,6,11-14H2,1-5H3. The van der Waals surface area contributed by atoms with E-state index in [2.05, 4.69) is 30.9 Å². The molecule has 1 aromatic carbocycles. The molecule has 208 valence electrons. The van der Waals surface area contributed by atoms with Crippen LogP contribution in [0.4, 0.5) is 20.9 Å². The van der Waals surface area contributed by atoms with Gasteiger partial charge in [-0.15, -0.1) is 0 Å². The van der Waals surface area contributed by atoms with E-state index in [0.29, 0.717) is 53.9 Å². The minimum atomic E-state index is -1.39. The van der Waals surface area contributed by atoms with Gasteiger partial charge in [-0.2, -0.15) is 10.4 Å². The molecule has 3 aromatic heterocycles. The number of halogens is 1. The van der Waals surface area contributed by atoms with E-state index < -0.39 is 5.60 Å². The van der Waals surface area contributed by atoms with Gasteiger partial charge in [0.15, 0.2) is 5.13 Å². The maximum atomic E-state index is 13.5. The minimum Gasteiger partial charge on any atom is -0.381 e. The number of fused-ring (bicyclic) bond motifs is 1. The number of piperazine rings is 1. The molecule has 1 aliphatic rings. The summed E-state index contributed by atoms with van der Waals surface area (Å²) in [6, 6.07) is 10.4. The first-order valence-electron chi connectivity index (χ1n) is 13.2. The lowest BCUT2D eigenvalue weighted by Crippen LogP contribution is -2.54. The Bertz CT molecular complexity index is 1610. The Balaban J connectivity index is 1.50. The van der Waals surface area contributed by atoms with Gasteiger partial charge in [0, 0.05) is 50.7 Å². The molecule has 4 heterocycles. The van der Waals surface area contributed by atoms with Crippen molar-refractivity contribution in [2.24, 2.45) is 0 Å². The third-order valence-corrected chi connectivity index (χ3v) is 8.24. The molecule has 9 nitrogen and oxygen atoms in total. The smallest absolute Gasteiger partial charge is 0.254 e. The summed E-state index contributed by atoms with van der Waals surface area (Å²) in [7, 11) is 1.92. The highest BCUT2D eigenvalue weighted by molar-refractivity contribution is 7.16. The minimum absolute atomic E-state index is 0.258. The largest absolute Gasteiger partial charge is 0.381 e. The number of rotatable bonds is 6. The van der Waals surface area contributed by atoms with Crippen LogP contribution in [-0.4, -0.2) is 69.3 Å². The molecule has 1 fully saturated rings. The van der Waals surface area contributed by atoms with Gasteiger partial charge in [0.2, 0.25) is 0 Å². The zero-order chi connectivity index (χ0) is 28.8. The van der Waals surface area contributed by atoms with Crippen LogP contribution in [0.5, 0.6) is 0 Å². The number of aromatic nitrogens is 3. The number of aliphatic hydroxyl groups is 1. The van der Waals surface area contributed by atoms with Crippen molar-refractivity contribution in [2.45, 2.75) is 39.7 Å². The number of pyridine rings is 1. The summed E-state index contributed by atoms with van der Waals surface area (Å²) >= 11 is 1.29. The van der Waals surface area contributed by atoms with Crippen LogP contribution in [0.25, 0.3) is 16.8 Å². The zero-order valence-corrected chi connectivity index (χ0v) is 24.1. The van der Waals surface area contributed by atoms with Gasteiger partial charge in [0.1, 0.15) is 28.1 Å². The lowest BCUT2D eigenvalue weighted by molar-refractivity contribution is -0.148. The van der Waals surface area contributed by atoms with Gasteiger partial charge < -0.3 is 19.8 Å². The molecule has 0 atom stereocenters. The van der Waals surface area contributed by atoms with Gasteiger partial charge in [0.05, 0.1) is 16.9 Å². The van der Waals surface area contributed by atoms with Crippen molar-refractivity contribution >= 4 is 39.3 Å². The van der Waals surface area contributed by atoms with Gasteiger partial charge in [-0.1, -0.05) is 18.3 Å². The van der Waals surface area contributed by atoms with E-state index in [1.165, 1.54) is 37.3 Å². The monoisotopic (exact) mass is 561 g/mol. The molecular weight excluding hydrogens is 529 g/mol. The van der Waals surface area contributed by atoms with E-state index in [4.69, 9.17) is 10.1 Å². The van der Waals surface area contributed by atoms with Gasteiger partial charge in [0.25, 0.3) is 5.91 Å². The summed E-state index contributed by atoms with van der Waals surface area (Å²) in [5, 5.41) is 25.4. The van der Waals surface area contributed by atoms with Crippen LogP contribution in [0.1, 0.15) is 36.9 Å². The normalized spacial score (nSPS) is 14.1. The fraction of sp³-hybridized carbons (Fsp3) is 0.379. The predicted molar refractivity (Wildman–Crippen MR) is 155 cm³/mol. The van der Waals surface area contributed by atoms with E-state index in [0.717, 1.165) is 28.1 Å². The highest BCUT2D eigenvalue weighted by Crippen LogP contribution is 2.39. The van der Waals surface area contributed by atoms with Gasteiger partial charge in [-0.05, 0) is 63.1 Å². The Morgan fingerprint density at radius 2 is 1.90 bits per heavy atom. The van der Waals surface area contributed by atoms with Crippen molar-refractivity contribution in [2.75, 3.05) is 43.0 Å². The second-order valence-electron chi connectivity index (χ2n) is 10.5. The van der Waals surface area contributed by atoms with Crippen molar-refractivity contribution in [3.05, 3.63) is 58.5 Å². The molecule has 0 aliphatic carbocycles. The Labute approximate surface area is 236 Å². The molecule has 0 bridgehead atoms. The third kappa shape index (κ3) is 5.00. The van der Waals surface area contributed by atoms with Crippen LogP contribution >= 0.6 is 11.3 Å². The molecule has 0 unspecified atom stereocenters. The third-order valence-electron chi connectivity index (χ3n) is 7.21. The SMILES string of the molecule is CCc1nn2cc(C)c(N3CCN(C(=O)C(C)(C)O)CC3)cc2c1N(C)c1nc(-c2ccc(F)cc2)c(C#N)s1. The molecule has 1 N–H and O–H groups in total. The average Bonchev–Trinajstić information content (AvgIpc) is 3.53. The molecule has 4 aromatic rings. The van der Waals surface area contributed by atoms with E-state index in [1.807, 2.05) is 22.7 Å². The summed E-state index contributed by atoms with van der Waals surface area (Å²) in [6.07, 6.45) is 2.72. The number of carbonyl (C=O) groups excluding carboxylic acids is 1. The number of hydrogen-bond acceptors (Lipinski definition) is 8. The maximum Gasteiger partial charge on any atom is 0.254 e. The van der Waals surface area contributed by atoms with Gasteiger partial charge in [-0.3, -0.25) is 4.79 Å². The Morgan fingerprint density at radius 3 is 2.50 bits per heavy atom. The Kier molecular flexibility index (Phi) is 7.25. The number of hydrogen-bond donors (Lipinski definition) is 1. The molecule has 1 saturated heterocycles. The zero-order valence-electron chi connectivity index (χ0n) is 23.3. The van der Waals surface area contributed by atoms with Crippen molar-refractivity contribution in [3.63, 3.8) is 0 Å². The predicted octanol–water partition coefficient (Wildman–Crippen LogP) is 4.53. The highest BCUT2D eigenvalue weighted by Gasteiger charge is 2.32. The highest BCUT2D eigenvalue weighted by atomic mass is 32.1. The number of nitriles is 1. The fourth-order valence-electron chi connectivity index (χ4n) is 5.12. The first kappa shape index (κ1) is 27.6. The second kappa shape index (κ2) is 10.5. The fourth-order valence-corrected chi connectivity index (χ4v) is 5.98. The van der Waals surface area contributed by atoms with Crippen LogP contribution in [0.3, 0.4) is 0 Å². The summed E-state index contributed by atoms with van der Waals surface area (Å²) < 4.78 is 15.4. The molecule has 40 heavy (non-hydrogen) atoms. The first-order valence-corrected chi connectivity index (χ1v) is 14.0. The van der Waals surface area contributed by atoms with Crippen molar-refractivity contribution in [3.8, 4) is 17.3 Å². The quantitative estimate of drug-likeness (QED) is 0.369. The second-order valence-corrected chi connectivity index (χ2v) is 11.5. The maximum absolute atomic E-state index is 13.5. The van der Waals surface area contributed by atoms with E-state index in [9.17, 15) is 19.6 Å². The molecule has 0 radical (unpaired) electrons. The van der Waals surface area contributed by atoms with E-state index in [1.54, 1.807) is 17.0 Å². The number of nitrogens with zero attached hydrogens (tertiary/aromatic N) is 7. The summed E-state index contributed by atoms with van der Waals surface area (Å²) in [5.41, 5.74) is 4.66. The van der Waals surface area contributed by atoms with Crippen molar-refractivity contribution in [1.82, 2.24) is 19.5 Å². The number of benzene rings is 1. The van der Waals surface area contributed by atoms with Gasteiger partial charge >= 0.3 is 0 Å². The van der Waals surface area contributed by atoms with Crippen LogP contribution in [0.2, 0.25) is 0 Å². The number of thiazole rings is 1. The van der Waals surface area contributed by atoms with Crippen LogP contribution in [-0.2, 0) is 11.2 Å². The molecule has 5 rings (SSSR count). The molecular formula is C29H32FN7O2S. The van der Waals surface area contributed by atoms with Gasteiger partial charge in [-0.25, -0.2) is 13.9 Å². The average molecular weight is 562 g/mol. The Morgan fingerprint density at radius 1 is 1.23 bits per heavy atom. The molecule has 0 spiro atoms. The first-order chi connectivity index (χ1) is 19.0. The van der Waals surface area contributed by atoms with Crippen molar-refractivity contribution < 1.29 is 14.3 Å². The summed E-state index contributed by atoms with van der Waals surface area (Å²) in [6.45, 7) is 9.51. The molecule has 1 amide bonds. The van der Waals surface area contributed by atoms with Crippen LogP contribution in [0, 0.1) is 24.1 Å².